The van der Waals surface area contributed by atoms with Gasteiger partial charge in [-0.05, 0) is 51.0 Å². The van der Waals surface area contributed by atoms with Crippen molar-refractivity contribution in [1.82, 2.24) is 10.2 Å². The summed E-state index contributed by atoms with van der Waals surface area (Å²) in [6.45, 7) is 5.38. The van der Waals surface area contributed by atoms with E-state index < -0.39 is 35.5 Å². The maximum atomic E-state index is 13.1. The number of nitrogens with one attached hydrogen (secondary N) is 2. The molecule has 1 saturated heterocycles. The Morgan fingerprint density at radius 3 is 2.40 bits per heavy atom. The lowest BCUT2D eigenvalue weighted by Gasteiger charge is -2.27. The second kappa shape index (κ2) is 11.0. The van der Waals surface area contributed by atoms with Crippen molar-refractivity contribution in [1.29, 1.82) is 0 Å². The summed E-state index contributed by atoms with van der Waals surface area (Å²) in [7, 11) is 1.27. The number of carbonyl (C=O) groups is 4. The Bertz CT molecular complexity index is 1080. The van der Waals surface area contributed by atoms with Crippen LogP contribution in [0.25, 0.3) is 0 Å². The largest absolute Gasteiger partial charge is 0.465 e. The van der Waals surface area contributed by atoms with Gasteiger partial charge in [0.1, 0.15) is 11.6 Å². The molecule has 1 aliphatic heterocycles. The van der Waals surface area contributed by atoms with Gasteiger partial charge >= 0.3 is 18.0 Å². The molecular formula is C26H31N3O6. The molecule has 0 unspecified atom stereocenters. The minimum atomic E-state index is -0.742. The van der Waals surface area contributed by atoms with Gasteiger partial charge in [0, 0.05) is 18.2 Å². The second-order valence-electron chi connectivity index (χ2n) is 9.32. The lowest BCUT2D eigenvalue weighted by Crippen LogP contribution is -2.47. The van der Waals surface area contributed by atoms with E-state index >= 15 is 0 Å². The summed E-state index contributed by atoms with van der Waals surface area (Å²) < 4.78 is 10.2. The summed E-state index contributed by atoms with van der Waals surface area (Å²) in [5.74, 6) is -1.40. The molecule has 0 saturated carbocycles. The Hall–Kier alpha value is -3.88. The molecule has 0 aromatic heterocycles. The normalized spacial score (nSPS) is 17.4. The number of nitrogens with zero attached hydrogens (tertiary/aromatic N) is 1. The van der Waals surface area contributed by atoms with E-state index in [1.54, 1.807) is 39.0 Å². The van der Waals surface area contributed by atoms with Gasteiger partial charge in [0.15, 0.2) is 0 Å². The quantitative estimate of drug-likeness (QED) is 0.612. The molecule has 2 aromatic rings. The maximum absolute atomic E-state index is 13.1. The summed E-state index contributed by atoms with van der Waals surface area (Å²) >= 11 is 0. The lowest BCUT2D eigenvalue weighted by molar-refractivity contribution is -0.163. The highest BCUT2D eigenvalue weighted by atomic mass is 16.6. The number of benzene rings is 2. The Morgan fingerprint density at radius 2 is 1.74 bits per heavy atom. The monoisotopic (exact) mass is 481 g/mol. The molecule has 0 spiro atoms. The standard InChI is InChI=1S/C26H31N3O6/c1-26(2,3)35-24(32)21-14-19(17-9-6-5-7-10-17)16-29(21)22(30)15-27-25(33)28-20-12-8-11-18(13-20)23(31)34-4/h5-13,19,21H,14-16H2,1-4H3,(H2,27,28,33)/t19-,21+/m1/s1. The first-order valence-electron chi connectivity index (χ1n) is 11.4. The molecule has 2 aromatic carbocycles. The molecule has 3 rings (SSSR count). The molecule has 9 heteroatoms. The molecule has 0 bridgehead atoms. The third-order valence-corrected chi connectivity index (χ3v) is 5.51. The Labute approximate surface area is 204 Å². The minimum absolute atomic E-state index is 0.0208. The van der Waals surface area contributed by atoms with E-state index in [1.165, 1.54) is 18.1 Å². The summed E-state index contributed by atoms with van der Waals surface area (Å²) in [6.07, 6.45) is 0.442. The van der Waals surface area contributed by atoms with Crippen molar-refractivity contribution in [2.24, 2.45) is 0 Å². The Kier molecular flexibility index (Phi) is 8.11. The van der Waals surface area contributed by atoms with Gasteiger partial charge in [0.25, 0.3) is 0 Å². The average molecular weight is 482 g/mol. The lowest BCUT2D eigenvalue weighted by atomic mass is 9.96. The van der Waals surface area contributed by atoms with Crippen LogP contribution in [0.15, 0.2) is 54.6 Å². The van der Waals surface area contributed by atoms with Crippen LogP contribution in [0.5, 0.6) is 0 Å². The van der Waals surface area contributed by atoms with Crippen LogP contribution in [0.3, 0.4) is 0 Å². The van der Waals surface area contributed by atoms with E-state index in [-0.39, 0.29) is 18.0 Å². The van der Waals surface area contributed by atoms with E-state index in [0.717, 1.165) is 5.56 Å². The number of carbonyl (C=O) groups excluding carboxylic acids is 4. The highest BCUT2D eigenvalue weighted by molar-refractivity contribution is 5.95. The summed E-state index contributed by atoms with van der Waals surface area (Å²) in [5.41, 5.74) is 1.00. The van der Waals surface area contributed by atoms with Crippen LogP contribution in [0, 0.1) is 0 Å². The van der Waals surface area contributed by atoms with Crippen LogP contribution in [-0.4, -0.2) is 60.6 Å². The molecule has 0 aliphatic carbocycles. The second-order valence-corrected chi connectivity index (χ2v) is 9.32. The van der Waals surface area contributed by atoms with Crippen LogP contribution in [0.1, 0.15) is 49.0 Å². The van der Waals surface area contributed by atoms with Gasteiger partial charge in [0.05, 0.1) is 19.2 Å². The topological polar surface area (TPSA) is 114 Å². The molecule has 3 amide bonds. The molecule has 2 atom stereocenters. The first kappa shape index (κ1) is 25.7. The van der Waals surface area contributed by atoms with Crippen LogP contribution >= 0.6 is 0 Å². The van der Waals surface area contributed by atoms with Crippen molar-refractivity contribution in [2.45, 2.75) is 44.8 Å². The Balaban J connectivity index is 1.65. The zero-order chi connectivity index (χ0) is 25.6. The molecule has 186 valence electrons. The fraction of sp³-hybridized carbons (Fsp3) is 0.385. The summed E-state index contributed by atoms with van der Waals surface area (Å²) in [5, 5.41) is 5.11. The Morgan fingerprint density at radius 1 is 1.03 bits per heavy atom. The van der Waals surface area contributed by atoms with Crippen LogP contribution in [-0.2, 0) is 19.1 Å². The number of hydrogen-bond donors (Lipinski definition) is 2. The number of likely N-dealkylation sites (tertiary alicyclic amines) is 1. The molecule has 2 N–H and O–H groups in total. The number of hydrogen-bond acceptors (Lipinski definition) is 6. The fourth-order valence-corrected chi connectivity index (χ4v) is 3.95. The first-order chi connectivity index (χ1) is 16.6. The number of ether oxygens (including phenoxy) is 2. The molecule has 1 heterocycles. The fourth-order valence-electron chi connectivity index (χ4n) is 3.95. The highest BCUT2D eigenvalue weighted by Gasteiger charge is 2.42. The van der Waals surface area contributed by atoms with E-state index in [2.05, 4.69) is 15.4 Å². The van der Waals surface area contributed by atoms with E-state index in [9.17, 15) is 19.2 Å². The van der Waals surface area contributed by atoms with Gasteiger partial charge in [-0.15, -0.1) is 0 Å². The average Bonchev–Trinajstić information content (AvgIpc) is 3.28. The molecule has 1 fully saturated rings. The predicted octanol–water partition coefficient (Wildman–Crippen LogP) is 3.32. The smallest absolute Gasteiger partial charge is 0.337 e. The number of urea groups is 1. The van der Waals surface area contributed by atoms with Crippen molar-refractivity contribution in [3.05, 3.63) is 65.7 Å². The van der Waals surface area contributed by atoms with Crippen molar-refractivity contribution < 1.29 is 28.7 Å². The maximum Gasteiger partial charge on any atom is 0.337 e. The van der Waals surface area contributed by atoms with Gasteiger partial charge < -0.3 is 25.0 Å². The first-order valence-corrected chi connectivity index (χ1v) is 11.4. The van der Waals surface area contributed by atoms with Crippen LogP contribution in [0.2, 0.25) is 0 Å². The third-order valence-electron chi connectivity index (χ3n) is 5.51. The van der Waals surface area contributed by atoms with E-state index in [0.29, 0.717) is 18.7 Å². The SMILES string of the molecule is COC(=O)c1cccc(NC(=O)NCC(=O)N2C[C@H](c3ccccc3)C[C@H]2C(=O)OC(C)(C)C)c1. The number of anilines is 1. The zero-order valence-electron chi connectivity index (χ0n) is 20.4. The summed E-state index contributed by atoms with van der Waals surface area (Å²) in [4.78, 5) is 51.5. The van der Waals surface area contributed by atoms with Crippen LogP contribution in [0.4, 0.5) is 10.5 Å². The molecule has 35 heavy (non-hydrogen) atoms. The highest BCUT2D eigenvalue weighted by Crippen LogP contribution is 2.33. The van der Waals surface area contributed by atoms with Crippen LogP contribution < -0.4 is 10.6 Å². The van der Waals surface area contributed by atoms with Crippen molar-refractivity contribution in [3.8, 4) is 0 Å². The molecule has 1 aliphatic rings. The predicted molar refractivity (Wildman–Crippen MR) is 130 cm³/mol. The van der Waals surface area contributed by atoms with Gasteiger partial charge in [-0.25, -0.2) is 14.4 Å². The van der Waals surface area contributed by atoms with Crippen molar-refractivity contribution in [3.63, 3.8) is 0 Å². The number of methoxy groups -OCH3 is 1. The van der Waals surface area contributed by atoms with Crippen molar-refractivity contribution >= 4 is 29.6 Å². The number of rotatable bonds is 6. The van der Waals surface area contributed by atoms with Gasteiger partial charge in [-0.2, -0.15) is 0 Å². The number of esters is 2. The molecule has 9 nitrogen and oxygen atoms in total. The van der Waals surface area contributed by atoms with Gasteiger partial charge in [-0.3, -0.25) is 4.79 Å². The van der Waals surface area contributed by atoms with Crippen molar-refractivity contribution in [2.75, 3.05) is 25.5 Å². The van der Waals surface area contributed by atoms with E-state index in [4.69, 9.17) is 4.74 Å². The minimum Gasteiger partial charge on any atom is -0.465 e. The van der Waals surface area contributed by atoms with E-state index in [1.807, 2.05) is 30.3 Å². The summed E-state index contributed by atoms with van der Waals surface area (Å²) in [6, 6.07) is 14.6. The zero-order valence-corrected chi connectivity index (χ0v) is 20.4. The van der Waals surface area contributed by atoms with Gasteiger partial charge in [-0.1, -0.05) is 36.4 Å². The van der Waals surface area contributed by atoms with Gasteiger partial charge in [0.2, 0.25) is 5.91 Å². The third kappa shape index (κ3) is 7.05. The number of amides is 3. The molecular weight excluding hydrogens is 450 g/mol. The molecule has 0 radical (unpaired) electrons.